The van der Waals surface area contributed by atoms with Crippen molar-refractivity contribution in [3.63, 3.8) is 0 Å². The first kappa shape index (κ1) is 31.6. The number of fused-ring (bicyclic) bond motifs is 3. The van der Waals surface area contributed by atoms with Gasteiger partial charge in [-0.25, -0.2) is 0 Å². The molecule has 4 aliphatic rings. The highest BCUT2D eigenvalue weighted by atomic mass is 28.4. The molecular weight excluding hydrogens is 524 g/mol. The summed E-state index contributed by atoms with van der Waals surface area (Å²) in [5.74, 6) is -0.851. The predicted octanol–water partition coefficient (Wildman–Crippen LogP) is 6.40. The third-order valence-corrected chi connectivity index (χ3v) is 16.1. The summed E-state index contributed by atoms with van der Waals surface area (Å²) < 4.78 is 25.2. The average molecular weight is 577 g/mol. The van der Waals surface area contributed by atoms with Crippen LogP contribution >= 0.6 is 0 Å². The van der Waals surface area contributed by atoms with E-state index in [4.69, 9.17) is 18.6 Å². The fourth-order valence-electron chi connectivity index (χ4n) is 9.00. The smallest absolute Gasteiger partial charge is 0.302 e. The lowest BCUT2D eigenvalue weighted by Gasteiger charge is -2.63. The van der Waals surface area contributed by atoms with E-state index in [1.54, 1.807) is 6.08 Å². The van der Waals surface area contributed by atoms with Crippen molar-refractivity contribution in [3.8, 4) is 0 Å². The first-order chi connectivity index (χ1) is 18.7. The van der Waals surface area contributed by atoms with Crippen LogP contribution in [-0.4, -0.2) is 56.6 Å². The molecule has 1 saturated heterocycles. The molecule has 7 atom stereocenters. The van der Waals surface area contributed by atoms with Crippen molar-refractivity contribution >= 4 is 25.9 Å². The van der Waals surface area contributed by atoms with E-state index < -0.39 is 25.1 Å². The topological polar surface area (TPSA) is 88.1 Å². The first-order valence-corrected chi connectivity index (χ1v) is 18.1. The molecule has 3 saturated carbocycles. The maximum atomic E-state index is 14.4. The van der Waals surface area contributed by atoms with Crippen LogP contribution in [0.25, 0.3) is 0 Å². The summed E-state index contributed by atoms with van der Waals surface area (Å²) >= 11 is 0. The number of allylic oxidation sites excluding steroid dienone is 1. The Balaban J connectivity index is 1.76. The van der Waals surface area contributed by atoms with Crippen molar-refractivity contribution in [2.45, 2.75) is 130 Å². The van der Waals surface area contributed by atoms with E-state index in [9.17, 15) is 14.4 Å². The Bertz CT molecular complexity index is 1010. The van der Waals surface area contributed by atoms with E-state index in [-0.39, 0.29) is 53.4 Å². The van der Waals surface area contributed by atoms with Gasteiger partial charge in [0.25, 0.3) is 0 Å². The lowest BCUT2D eigenvalue weighted by Crippen LogP contribution is -2.68. The molecule has 4 rings (SSSR count). The van der Waals surface area contributed by atoms with E-state index in [0.29, 0.717) is 32.3 Å². The molecule has 0 unspecified atom stereocenters. The number of ether oxygens (including phenoxy) is 3. The monoisotopic (exact) mass is 576 g/mol. The molecule has 0 aromatic carbocycles. The third kappa shape index (κ3) is 5.20. The molecule has 0 N–H and O–H groups in total. The molecule has 0 aromatic rings. The van der Waals surface area contributed by atoms with Gasteiger partial charge in [0.05, 0.1) is 18.3 Å². The molecule has 1 heterocycles. The Labute approximate surface area is 242 Å². The molecule has 0 bridgehead atoms. The van der Waals surface area contributed by atoms with Gasteiger partial charge in [-0.05, 0) is 69.5 Å². The second kappa shape index (κ2) is 11.4. The summed E-state index contributed by atoms with van der Waals surface area (Å²) in [6.45, 7) is 17.1. The fourth-order valence-corrected chi connectivity index (χ4v) is 12.2. The second-order valence-corrected chi connectivity index (χ2v) is 18.4. The Kier molecular flexibility index (Phi) is 8.99. The van der Waals surface area contributed by atoms with Crippen LogP contribution < -0.4 is 0 Å². The van der Waals surface area contributed by atoms with Crippen molar-refractivity contribution in [2.24, 2.45) is 28.6 Å². The molecular formula is C32H52O7Si. The Morgan fingerprint density at radius 1 is 1.02 bits per heavy atom. The quantitative estimate of drug-likeness (QED) is 0.169. The Hall–Kier alpha value is -1.35. The maximum absolute atomic E-state index is 14.4. The molecule has 40 heavy (non-hydrogen) atoms. The molecule has 8 heteroatoms. The molecule has 4 fully saturated rings. The van der Waals surface area contributed by atoms with Gasteiger partial charge in [0.2, 0.25) is 0 Å². The van der Waals surface area contributed by atoms with Gasteiger partial charge in [-0.15, -0.1) is 0 Å². The summed E-state index contributed by atoms with van der Waals surface area (Å²) in [5, 5.41) is 0. The summed E-state index contributed by atoms with van der Waals surface area (Å²) in [5.41, 5.74) is -1.65. The molecule has 0 aromatic heterocycles. The van der Waals surface area contributed by atoms with Crippen LogP contribution in [0.3, 0.4) is 0 Å². The van der Waals surface area contributed by atoms with Gasteiger partial charge >= 0.3 is 5.97 Å². The minimum absolute atomic E-state index is 0.0137. The van der Waals surface area contributed by atoms with Crippen LogP contribution in [0.1, 0.15) is 93.9 Å². The van der Waals surface area contributed by atoms with Gasteiger partial charge < -0.3 is 18.6 Å². The maximum Gasteiger partial charge on any atom is 0.302 e. The van der Waals surface area contributed by atoms with E-state index in [0.717, 1.165) is 31.0 Å². The number of esters is 1. The van der Waals surface area contributed by atoms with Gasteiger partial charge in [-0.1, -0.05) is 46.8 Å². The number of hydrogen-bond donors (Lipinski definition) is 0. The van der Waals surface area contributed by atoms with Crippen molar-refractivity contribution in [1.29, 1.82) is 0 Å². The van der Waals surface area contributed by atoms with Gasteiger partial charge in [0, 0.05) is 36.5 Å². The average Bonchev–Trinajstić information content (AvgIpc) is 3.39. The number of ketones is 2. The van der Waals surface area contributed by atoms with Crippen LogP contribution in [0.5, 0.6) is 0 Å². The van der Waals surface area contributed by atoms with Crippen LogP contribution in [0.2, 0.25) is 18.1 Å². The zero-order chi connectivity index (χ0) is 29.6. The number of carbonyl (C=O) groups is 3. The van der Waals surface area contributed by atoms with Crippen LogP contribution in [0.15, 0.2) is 12.2 Å². The van der Waals surface area contributed by atoms with Crippen LogP contribution in [-0.2, 0) is 33.0 Å². The normalized spacial score (nSPS) is 39.4. The second-order valence-electron chi connectivity index (χ2n) is 13.7. The minimum Gasteiger partial charge on any atom is -0.462 e. The van der Waals surface area contributed by atoms with E-state index >= 15 is 0 Å². The van der Waals surface area contributed by atoms with E-state index in [1.165, 1.54) is 6.92 Å². The van der Waals surface area contributed by atoms with Crippen molar-refractivity contribution in [2.75, 3.05) is 13.2 Å². The van der Waals surface area contributed by atoms with Gasteiger partial charge in [0.1, 0.15) is 18.2 Å². The predicted molar refractivity (Wildman–Crippen MR) is 156 cm³/mol. The largest absolute Gasteiger partial charge is 0.462 e. The van der Waals surface area contributed by atoms with Crippen LogP contribution in [0, 0.1) is 28.6 Å². The highest BCUT2D eigenvalue weighted by Crippen LogP contribution is 2.68. The third-order valence-electron chi connectivity index (χ3n) is 11.4. The molecule has 1 aliphatic heterocycles. The fraction of sp³-hybridized carbons (Fsp3) is 0.844. The zero-order valence-corrected chi connectivity index (χ0v) is 27.1. The van der Waals surface area contributed by atoms with E-state index in [1.807, 2.05) is 26.8 Å². The number of carbonyl (C=O) groups excluding carboxylic acids is 3. The number of hydrogen-bond acceptors (Lipinski definition) is 7. The lowest BCUT2D eigenvalue weighted by molar-refractivity contribution is -0.198. The minimum atomic E-state index is -2.08. The summed E-state index contributed by atoms with van der Waals surface area (Å²) in [6.07, 6.45) is 7.49. The van der Waals surface area contributed by atoms with Gasteiger partial charge in [0.15, 0.2) is 14.1 Å². The van der Waals surface area contributed by atoms with E-state index in [2.05, 4.69) is 27.7 Å². The lowest BCUT2D eigenvalue weighted by atomic mass is 9.46. The molecule has 0 radical (unpaired) electrons. The van der Waals surface area contributed by atoms with Gasteiger partial charge in [-0.3, -0.25) is 14.4 Å². The van der Waals surface area contributed by atoms with Crippen molar-refractivity contribution in [3.05, 3.63) is 12.2 Å². The first-order valence-electron chi connectivity index (χ1n) is 15.6. The molecule has 3 aliphatic carbocycles. The molecule has 0 amide bonds. The molecule has 7 nitrogen and oxygen atoms in total. The SMILES string of the molecule is CC[Si](CC)(CC)O[C@]12CC[C@H]([C@H]3COC(C)(C)O3)[C@@]1(C)CC(=O)[C@H]1[C@H]2CCC(=O)[C@]1(C)C/C=C/COC(C)=O. The Morgan fingerprint density at radius 2 is 1.70 bits per heavy atom. The van der Waals surface area contributed by atoms with Crippen LogP contribution in [0.4, 0.5) is 0 Å². The summed E-state index contributed by atoms with van der Waals surface area (Å²) in [6, 6.07) is 3.12. The molecule has 226 valence electrons. The molecule has 0 spiro atoms. The van der Waals surface area contributed by atoms with Crippen molar-refractivity contribution < 1.29 is 33.0 Å². The number of Topliss-reactive ketones (excluding diaryl/α,β-unsaturated/α-hetero) is 2. The highest BCUT2D eigenvalue weighted by Gasteiger charge is 2.72. The highest BCUT2D eigenvalue weighted by molar-refractivity contribution is 6.73. The summed E-state index contributed by atoms with van der Waals surface area (Å²) in [7, 11) is -2.08. The standard InChI is InChI=1S/C32H52O7Si/c1-9-40(10-2,11-3)39-32-18-16-23(26-21-37-29(5,6)38-26)31(32,8)20-25(34)28-24(32)14-15-27(35)30(28,7)17-12-13-19-36-22(4)33/h12-13,23-24,26,28H,9-11,14-21H2,1-8H3/b13-12+/t23-,24-,26-,28-,30+,31-,32+/m1/s1. The summed E-state index contributed by atoms with van der Waals surface area (Å²) in [4.78, 5) is 39.2. The number of rotatable bonds is 10. The van der Waals surface area contributed by atoms with Crippen molar-refractivity contribution in [1.82, 2.24) is 0 Å². The Morgan fingerprint density at radius 3 is 2.27 bits per heavy atom. The van der Waals surface area contributed by atoms with Gasteiger partial charge in [-0.2, -0.15) is 0 Å². The zero-order valence-electron chi connectivity index (χ0n) is 26.1.